The first-order chi connectivity index (χ1) is 8.16. The Morgan fingerprint density at radius 3 is 2.12 bits per heavy atom. The molecule has 0 spiro atoms. The van der Waals surface area contributed by atoms with Crippen LogP contribution in [-0.2, 0) is 0 Å². The van der Waals surface area contributed by atoms with E-state index in [-0.39, 0.29) is 5.56 Å². The molecule has 4 heteroatoms. The van der Waals surface area contributed by atoms with Crippen molar-refractivity contribution in [2.45, 2.75) is 0 Å². The van der Waals surface area contributed by atoms with Gasteiger partial charge in [0.05, 0.1) is 11.3 Å². The molecule has 0 amide bonds. The summed E-state index contributed by atoms with van der Waals surface area (Å²) in [5, 5.41) is 0.584. The second-order valence-electron chi connectivity index (χ2n) is 3.37. The smallest absolute Gasteiger partial charge is 0.134 e. The van der Waals surface area contributed by atoms with Crippen molar-refractivity contribution in [1.29, 1.82) is 0 Å². The first-order valence-corrected chi connectivity index (χ1v) is 5.28. The van der Waals surface area contributed by atoms with Crippen LogP contribution in [0.3, 0.4) is 0 Å². The number of benzene rings is 2. The predicted molar refractivity (Wildman–Crippen MR) is 65.1 cm³/mol. The molecule has 2 rings (SSSR count). The molecule has 0 aromatic heterocycles. The van der Waals surface area contributed by atoms with Gasteiger partial charge >= 0.3 is 0 Å². The Balaban J connectivity index is 2.29. The Bertz CT molecular complexity index is 530. The van der Waals surface area contributed by atoms with Gasteiger partial charge in [-0.2, -0.15) is 0 Å². The highest BCUT2D eigenvalue weighted by Crippen LogP contribution is 2.17. The Kier molecular flexibility index (Phi) is 3.49. The van der Waals surface area contributed by atoms with E-state index in [1.165, 1.54) is 18.2 Å². The Morgan fingerprint density at radius 2 is 1.53 bits per heavy atom. The standard InChI is InChI=1S/C13H8ClF2N/c14-9-4-6-10(7-5-9)17-8-11-12(15)2-1-3-13(11)16/h1-8H/b17-8+. The fraction of sp³-hybridized carbons (Fsp3) is 0. The maximum atomic E-state index is 13.3. The molecule has 0 aliphatic heterocycles. The van der Waals surface area contributed by atoms with Crippen molar-refractivity contribution in [3.63, 3.8) is 0 Å². The van der Waals surface area contributed by atoms with Crippen molar-refractivity contribution in [1.82, 2.24) is 0 Å². The van der Waals surface area contributed by atoms with Crippen LogP contribution in [0.4, 0.5) is 14.5 Å². The molecule has 0 bridgehead atoms. The lowest BCUT2D eigenvalue weighted by Gasteiger charge is -1.98. The number of rotatable bonds is 2. The minimum absolute atomic E-state index is 0.151. The van der Waals surface area contributed by atoms with Gasteiger partial charge in [0.2, 0.25) is 0 Å². The summed E-state index contributed by atoms with van der Waals surface area (Å²) in [5.74, 6) is -1.27. The zero-order valence-corrected chi connectivity index (χ0v) is 9.46. The van der Waals surface area contributed by atoms with Crippen molar-refractivity contribution in [2.24, 2.45) is 4.99 Å². The average molecular weight is 252 g/mol. The summed E-state index contributed by atoms with van der Waals surface area (Å²) in [6.45, 7) is 0. The van der Waals surface area contributed by atoms with Gasteiger partial charge in [0.15, 0.2) is 0 Å². The Morgan fingerprint density at radius 1 is 0.941 bits per heavy atom. The second kappa shape index (κ2) is 5.06. The summed E-state index contributed by atoms with van der Waals surface area (Å²) in [6.07, 6.45) is 1.16. The Labute approximate surface area is 102 Å². The molecule has 0 aliphatic rings. The van der Waals surface area contributed by atoms with Crippen LogP contribution >= 0.6 is 11.6 Å². The zero-order valence-electron chi connectivity index (χ0n) is 8.70. The molecule has 2 aromatic carbocycles. The average Bonchev–Trinajstić information content (AvgIpc) is 2.31. The van der Waals surface area contributed by atoms with Crippen LogP contribution in [-0.4, -0.2) is 6.21 Å². The molecule has 0 fully saturated rings. The van der Waals surface area contributed by atoms with Crippen molar-refractivity contribution in [2.75, 3.05) is 0 Å². The molecular weight excluding hydrogens is 244 g/mol. The fourth-order valence-electron chi connectivity index (χ4n) is 1.30. The molecule has 0 saturated carbocycles. The number of hydrogen-bond acceptors (Lipinski definition) is 1. The van der Waals surface area contributed by atoms with Gasteiger partial charge in [0, 0.05) is 11.2 Å². The van der Waals surface area contributed by atoms with Gasteiger partial charge in [0.25, 0.3) is 0 Å². The highest BCUT2D eigenvalue weighted by atomic mass is 35.5. The molecule has 0 heterocycles. The van der Waals surface area contributed by atoms with Gasteiger partial charge in [-0.3, -0.25) is 4.99 Å². The van der Waals surface area contributed by atoms with Crippen molar-refractivity contribution < 1.29 is 8.78 Å². The third-order valence-electron chi connectivity index (χ3n) is 2.17. The SMILES string of the molecule is Fc1cccc(F)c1/C=N/c1ccc(Cl)cc1. The highest BCUT2D eigenvalue weighted by Gasteiger charge is 2.04. The van der Waals surface area contributed by atoms with E-state index in [2.05, 4.69) is 4.99 Å². The van der Waals surface area contributed by atoms with E-state index >= 15 is 0 Å². The van der Waals surface area contributed by atoms with Crippen LogP contribution in [0.25, 0.3) is 0 Å². The lowest BCUT2D eigenvalue weighted by Crippen LogP contribution is -1.92. The highest BCUT2D eigenvalue weighted by molar-refractivity contribution is 6.30. The van der Waals surface area contributed by atoms with E-state index in [1.807, 2.05) is 0 Å². The molecule has 2 aromatic rings. The van der Waals surface area contributed by atoms with Gasteiger partial charge in [-0.05, 0) is 36.4 Å². The number of halogens is 3. The molecule has 0 unspecified atom stereocenters. The molecule has 17 heavy (non-hydrogen) atoms. The first kappa shape index (κ1) is 11.7. The fourth-order valence-corrected chi connectivity index (χ4v) is 1.43. The third-order valence-corrected chi connectivity index (χ3v) is 2.42. The topological polar surface area (TPSA) is 12.4 Å². The van der Waals surface area contributed by atoms with E-state index < -0.39 is 11.6 Å². The molecular formula is C13H8ClF2N. The van der Waals surface area contributed by atoms with Crippen LogP contribution in [0.2, 0.25) is 5.02 Å². The predicted octanol–water partition coefficient (Wildman–Crippen LogP) is 4.37. The van der Waals surface area contributed by atoms with Crippen LogP contribution in [0.15, 0.2) is 47.5 Å². The summed E-state index contributed by atoms with van der Waals surface area (Å²) in [7, 11) is 0. The third kappa shape index (κ3) is 2.88. The van der Waals surface area contributed by atoms with E-state index in [0.717, 1.165) is 6.21 Å². The van der Waals surface area contributed by atoms with Gasteiger partial charge in [-0.1, -0.05) is 17.7 Å². The summed E-state index contributed by atoms with van der Waals surface area (Å²) in [6, 6.07) is 10.3. The van der Waals surface area contributed by atoms with Gasteiger partial charge in [-0.15, -0.1) is 0 Å². The molecule has 0 aliphatic carbocycles. The van der Waals surface area contributed by atoms with E-state index in [0.29, 0.717) is 10.7 Å². The number of hydrogen-bond donors (Lipinski definition) is 0. The molecule has 0 atom stereocenters. The summed E-state index contributed by atoms with van der Waals surface area (Å²) < 4.78 is 26.5. The molecule has 0 radical (unpaired) electrons. The van der Waals surface area contributed by atoms with Gasteiger partial charge in [0.1, 0.15) is 11.6 Å². The molecule has 0 N–H and O–H groups in total. The van der Waals surface area contributed by atoms with Crippen LogP contribution in [0.5, 0.6) is 0 Å². The van der Waals surface area contributed by atoms with E-state index in [9.17, 15) is 8.78 Å². The van der Waals surface area contributed by atoms with Crippen molar-refractivity contribution in [3.05, 3.63) is 64.7 Å². The van der Waals surface area contributed by atoms with Crippen molar-refractivity contribution >= 4 is 23.5 Å². The largest absolute Gasteiger partial charge is 0.256 e. The van der Waals surface area contributed by atoms with Crippen LogP contribution in [0.1, 0.15) is 5.56 Å². The first-order valence-electron chi connectivity index (χ1n) is 4.90. The summed E-state index contributed by atoms with van der Waals surface area (Å²) in [5.41, 5.74) is 0.430. The van der Waals surface area contributed by atoms with E-state index in [1.54, 1.807) is 24.3 Å². The molecule has 1 nitrogen and oxygen atoms in total. The lowest BCUT2D eigenvalue weighted by atomic mass is 10.2. The molecule has 0 saturated heterocycles. The minimum Gasteiger partial charge on any atom is -0.256 e. The van der Waals surface area contributed by atoms with Crippen LogP contribution in [0, 0.1) is 11.6 Å². The second-order valence-corrected chi connectivity index (χ2v) is 3.81. The number of nitrogens with zero attached hydrogens (tertiary/aromatic N) is 1. The maximum Gasteiger partial charge on any atom is 0.134 e. The van der Waals surface area contributed by atoms with Crippen molar-refractivity contribution in [3.8, 4) is 0 Å². The van der Waals surface area contributed by atoms with Gasteiger partial charge in [-0.25, -0.2) is 8.78 Å². The summed E-state index contributed by atoms with van der Waals surface area (Å²) in [4.78, 5) is 3.98. The monoisotopic (exact) mass is 251 g/mol. The molecule has 86 valence electrons. The normalized spacial score (nSPS) is 11.0. The zero-order chi connectivity index (χ0) is 12.3. The number of aliphatic imine (C=N–C) groups is 1. The summed E-state index contributed by atoms with van der Waals surface area (Å²) >= 11 is 5.71. The van der Waals surface area contributed by atoms with Crippen LogP contribution < -0.4 is 0 Å². The quantitative estimate of drug-likeness (QED) is 0.703. The lowest BCUT2D eigenvalue weighted by molar-refractivity contribution is 0.580. The van der Waals surface area contributed by atoms with Gasteiger partial charge < -0.3 is 0 Å². The Hall–Kier alpha value is -1.74. The maximum absolute atomic E-state index is 13.3. The van der Waals surface area contributed by atoms with E-state index in [4.69, 9.17) is 11.6 Å². The minimum atomic E-state index is -0.636.